The summed E-state index contributed by atoms with van der Waals surface area (Å²) in [5.74, 6) is 0. The Morgan fingerprint density at radius 3 is 2.76 bits per heavy atom. The number of hydrogen-bond donors (Lipinski definition) is 1. The predicted octanol–water partition coefficient (Wildman–Crippen LogP) is 2.25. The van der Waals surface area contributed by atoms with E-state index in [0.717, 1.165) is 31.2 Å². The molecule has 0 radical (unpaired) electrons. The van der Waals surface area contributed by atoms with Crippen molar-refractivity contribution in [2.45, 2.75) is 57.3 Å². The molecule has 94 valence electrons. The van der Waals surface area contributed by atoms with E-state index in [0.29, 0.717) is 0 Å². The molecule has 0 saturated carbocycles. The summed E-state index contributed by atoms with van der Waals surface area (Å²) in [7, 11) is 0. The zero-order valence-electron chi connectivity index (χ0n) is 10.4. The number of piperidine rings is 1. The lowest BCUT2D eigenvalue weighted by Crippen LogP contribution is -2.48. The van der Waals surface area contributed by atoms with Crippen LogP contribution in [0.3, 0.4) is 0 Å². The molecule has 2 saturated heterocycles. The number of fused-ring (bicyclic) bond motifs is 2. The first-order valence-corrected chi connectivity index (χ1v) is 7.67. The second-order valence-corrected chi connectivity index (χ2v) is 5.98. The lowest BCUT2D eigenvalue weighted by atomic mass is 9.97. The van der Waals surface area contributed by atoms with Gasteiger partial charge in [-0.2, -0.15) is 0 Å². The topological polar surface area (TPSA) is 28.2 Å². The highest BCUT2D eigenvalue weighted by molar-refractivity contribution is 7.07. The summed E-state index contributed by atoms with van der Waals surface area (Å²) in [5.41, 5.74) is 3.21. The number of rotatable bonds is 4. The Kier molecular flexibility index (Phi) is 3.45. The summed E-state index contributed by atoms with van der Waals surface area (Å²) in [5, 5.41) is 5.81. The Labute approximate surface area is 107 Å². The fourth-order valence-electron chi connectivity index (χ4n) is 3.49. The molecule has 2 bridgehead atoms. The van der Waals surface area contributed by atoms with Gasteiger partial charge in [0.25, 0.3) is 0 Å². The summed E-state index contributed by atoms with van der Waals surface area (Å²) < 4.78 is 0. The third-order valence-corrected chi connectivity index (χ3v) is 4.84. The van der Waals surface area contributed by atoms with Gasteiger partial charge in [0.1, 0.15) is 0 Å². The molecule has 3 rings (SSSR count). The van der Waals surface area contributed by atoms with E-state index in [1.807, 2.05) is 5.51 Å². The van der Waals surface area contributed by atoms with E-state index in [1.165, 1.54) is 31.4 Å². The molecular formula is C13H21N3S. The molecule has 0 amide bonds. The average Bonchev–Trinajstić information content (AvgIpc) is 2.89. The Bertz CT molecular complexity index is 338. The minimum atomic E-state index is 0.754. The molecule has 2 aliphatic heterocycles. The molecule has 1 N–H and O–H groups in total. The van der Waals surface area contributed by atoms with Gasteiger partial charge in [0.2, 0.25) is 0 Å². The Morgan fingerprint density at radius 2 is 2.18 bits per heavy atom. The van der Waals surface area contributed by atoms with Crippen molar-refractivity contribution in [3.63, 3.8) is 0 Å². The average molecular weight is 251 g/mol. The van der Waals surface area contributed by atoms with Gasteiger partial charge in [-0.05, 0) is 32.2 Å². The van der Waals surface area contributed by atoms with Crippen LogP contribution in [-0.4, -0.2) is 34.6 Å². The van der Waals surface area contributed by atoms with Gasteiger partial charge in [-0.25, -0.2) is 4.98 Å². The quantitative estimate of drug-likeness (QED) is 0.889. The maximum atomic E-state index is 4.42. The number of aromatic nitrogens is 1. The van der Waals surface area contributed by atoms with E-state index in [-0.39, 0.29) is 0 Å². The first-order chi connectivity index (χ1) is 8.36. The van der Waals surface area contributed by atoms with E-state index >= 15 is 0 Å². The molecule has 4 heteroatoms. The van der Waals surface area contributed by atoms with E-state index in [1.54, 1.807) is 11.3 Å². The molecule has 1 aromatic heterocycles. The molecule has 2 aliphatic rings. The van der Waals surface area contributed by atoms with Gasteiger partial charge in [0, 0.05) is 30.1 Å². The van der Waals surface area contributed by atoms with Gasteiger partial charge in [-0.15, -0.1) is 11.3 Å². The summed E-state index contributed by atoms with van der Waals surface area (Å²) in [6, 6.07) is 2.34. The zero-order valence-corrected chi connectivity index (χ0v) is 11.2. The number of hydrogen-bond acceptors (Lipinski definition) is 4. The summed E-state index contributed by atoms with van der Waals surface area (Å²) in [6.45, 7) is 4.39. The maximum Gasteiger partial charge on any atom is 0.0795 e. The smallest absolute Gasteiger partial charge is 0.0795 e. The van der Waals surface area contributed by atoms with Crippen molar-refractivity contribution >= 4 is 11.3 Å². The van der Waals surface area contributed by atoms with E-state index in [9.17, 15) is 0 Å². The molecule has 0 aliphatic carbocycles. The van der Waals surface area contributed by atoms with Crippen molar-refractivity contribution < 1.29 is 0 Å². The number of thiazole rings is 1. The molecule has 17 heavy (non-hydrogen) atoms. The van der Waals surface area contributed by atoms with Crippen LogP contribution >= 0.6 is 11.3 Å². The van der Waals surface area contributed by atoms with Crippen LogP contribution < -0.4 is 5.32 Å². The third kappa shape index (κ3) is 2.39. The molecule has 3 heterocycles. The van der Waals surface area contributed by atoms with Gasteiger partial charge in [-0.1, -0.05) is 6.92 Å². The van der Waals surface area contributed by atoms with Gasteiger partial charge >= 0.3 is 0 Å². The predicted molar refractivity (Wildman–Crippen MR) is 71.2 cm³/mol. The lowest BCUT2D eigenvalue weighted by molar-refractivity contribution is 0.108. The highest BCUT2D eigenvalue weighted by atomic mass is 32.1. The molecular weight excluding hydrogens is 230 g/mol. The first-order valence-electron chi connectivity index (χ1n) is 6.73. The van der Waals surface area contributed by atoms with E-state index in [4.69, 9.17) is 0 Å². The summed E-state index contributed by atoms with van der Waals surface area (Å²) in [6.07, 6.45) is 5.43. The highest BCUT2D eigenvalue weighted by Gasteiger charge is 2.40. The second-order valence-electron chi connectivity index (χ2n) is 5.26. The molecule has 2 unspecified atom stereocenters. The SMILES string of the molecule is CCNC1CC2CCC(C1)N2Cc1cscn1. The van der Waals surface area contributed by atoms with Crippen LogP contribution in [0.1, 0.15) is 38.3 Å². The fourth-order valence-corrected chi connectivity index (χ4v) is 4.04. The molecule has 3 nitrogen and oxygen atoms in total. The van der Waals surface area contributed by atoms with Gasteiger partial charge in [0.05, 0.1) is 11.2 Å². The number of nitrogens with one attached hydrogen (secondary N) is 1. The van der Waals surface area contributed by atoms with Crippen molar-refractivity contribution in [2.75, 3.05) is 6.54 Å². The molecule has 0 spiro atoms. The van der Waals surface area contributed by atoms with Gasteiger partial charge < -0.3 is 5.32 Å². The monoisotopic (exact) mass is 251 g/mol. The van der Waals surface area contributed by atoms with Crippen LogP contribution in [0.15, 0.2) is 10.9 Å². The normalized spacial score (nSPS) is 33.1. The first kappa shape index (κ1) is 11.6. The van der Waals surface area contributed by atoms with E-state index < -0.39 is 0 Å². The molecule has 0 aromatic carbocycles. The maximum absolute atomic E-state index is 4.42. The van der Waals surface area contributed by atoms with Crippen LogP contribution in [0.25, 0.3) is 0 Å². The Balaban J connectivity index is 1.64. The van der Waals surface area contributed by atoms with Crippen molar-refractivity contribution in [3.8, 4) is 0 Å². The second kappa shape index (κ2) is 5.04. The lowest BCUT2D eigenvalue weighted by Gasteiger charge is -2.38. The van der Waals surface area contributed by atoms with Crippen molar-refractivity contribution in [3.05, 3.63) is 16.6 Å². The molecule has 1 aromatic rings. The van der Waals surface area contributed by atoms with Crippen LogP contribution in [0, 0.1) is 0 Å². The largest absolute Gasteiger partial charge is 0.314 e. The minimum Gasteiger partial charge on any atom is -0.314 e. The Morgan fingerprint density at radius 1 is 1.41 bits per heavy atom. The summed E-state index contributed by atoms with van der Waals surface area (Å²) in [4.78, 5) is 7.12. The van der Waals surface area contributed by atoms with Crippen molar-refractivity contribution in [1.29, 1.82) is 0 Å². The van der Waals surface area contributed by atoms with Crippen LogP contribution in [0.2, 0.25) is 0 Å². The number of nitrogens with zero attached hydrogens (tertiary/aromatic N) is 2. The van der Waals surface area contributed by atoms with Gasteiger partial charge in [-0.3, -0.25) is 4.90 Å². The minimum absolute atomic E-state index is 0.754. The zero-order chi connectivity index (χ0) is 11.7. The standard InChI is InChI=1S/C13H21N3S/c1-2-14-10-5-12-3-4-13(6-10)16(12)7-11-8-17-9-15-11/h8-10,12-14H,2-7H2,1H3. The van der Waals surface area contributed by atoms with Crippen molar-refractivity contribution in [1.82, 2.24) is 15.2 Å². The van der Waals surface area contributed by atoms with E-state index in [2.05, 4.69) is 27.5 Å². The molecule has 2 fully saturated rings. The van der Waals surface area contributed by atoms with Gasteiger partial charge in [0.15, 0.2) is 0 Å². The molecule has 2 atom stereocenters. The summed E-state index contributed by atoms with van der Waals surface area (Å²) >= 11 is 1.71. The van der Waals surface area contributed by atoms with Crippen LogP contribution in [0.5, 0.6) is 0 Å². The fraction of sp³-hybridized carbons (Fsp3) is 0.769. The highest BCUT2D eigenvalue weighted by Crippen LogP contribution is 2.36. The van der Waals surface area contributed by atoms with Crippen LogP contribution in [-0.2, 0) is 6.54 Å². The van der Waals surface area contributed by atoms with Crippen LogP contribution in [0.4, 0.5) is 0 Å². The third-order valence-electron chi connectivity index (χ3n) is 4.21. The van der Waals surface area contributed by atoms with Crippen molar-refractivity contribution in [2.24, 2.45) is 0 Å². The Hall–Kier alpha value is -0.450.